The van der Waals surface area contributed by atoms with Crippen LogP contribution in [0.2, 0.25) is 0 Å². The topological polar surface area (TPSA) is 175 Å². The van der Waals surface area contributed by atoms with Crippen molar-refractivity contribution in [1.82, 2.24) is 40.4 Å². The zero-order valence-corrected chi connectivity index (χ0v) is 46.8. The molecular weight excluding hydrogens is 1000 g/mol. The minimum Gasteiger partial charge on any atom is -0.453 e. The number of aromatic nitrogens is 4. The summed E-state index contributed by atoms with van der Waals surface area (Å²) in [5.74, 6) is 3.97. The number of H-pyrrole nitrogens is 2. The number of likely N-dealkylation sites (tertiary alicyclic amines) is 2. The summed E-state index contributed by atoms with van der Waals surface area (Å²) in [6.07, 6.45) is 16.7. The first-order chi connectivity index (χ1) is 37.5. The van der Waals surface area contributed by atoms with E-state index in [1.54, 1.807) is 23.5 Å². The van der Waals surface area contributed by atoms with Crippen LogP contribution in [0.1, 0.15) is 136 Å². The van der Waals surface area contributed by atoms with E-state index >= 15 is 0 Å². The lowest BCUT2D eigenvalue weighted by Gasteiger charge is -2.36. The molecule has 2 saturated heterocycles. The summed E-state index contributed by atoms with van der Waals surface area (Å²) >= 11 is 3.32. The Balaban J connectivity index is 0.943. The number of benzene rings is 4. The predicted octanol–water partition coefficient (Wildman–Crippen LogP) is 11.8. The molecule has 6 aromatic rings. The lowest BCUT2D eigenvalue weighted by atomic mass is 9.83. The Kier molecular flexibility index (Phi) is 15.9. The maximum Gasteiger partial charge on any atom is 0.407 e. The minimum absolute atomic E-state index is 0.0577. The summed E-state index contributed by atoms with van der Waals surface area (Å²) in [4.78, 5) is 76.5. The first-order valence-electron chi connectivity index (χ1n) is 28.1. The number of carbonyl (C=O) groups is 4. The molecule has 4 fully saturated rings. The number of imidazole rings is 2. The Morgan fingerprint density at radius 3 is 1.61 bits per heavy atom. The quantitative estimate of drug-likeness (QED) is 0.0822. The van der Waals surface area contributed by atoms with Crippen molar-refractivity contribution >= 4 is 69.6 Å². The summed E-state index contributed by atoms with van der Waals surface area (Å²) in [7, 11) is 2.68. The molecule has 14 nitrogen and oxygen atoms in total. The Morgan fingerprint density at radius 2 is 1.12 bits per heavy atom. The highest BCUT2D eigenvalue weighted by molar-refractivity contribution is 7.98. The van der Waals surface area contributed by atoms with Gasteiger partial charge in [0.05, 0.1) is 48.4 Å². The van der Waals surface area contributed by atoms with Crippen LogP contribution in [0.3, 0.4) is 0 Å². The van der Waals surface area contributed by atoms with Gasteiger partial charge in [-0.2, -0.15) is 23.5 Å². The molecule has 406 valence electrons. The highest BCUT2D eigenvalue weighted by Gasteiger charge is 2.49. The lowest BCUT2D eigenvalue weighted by molar-refractivity contribution is -0.138. The fourth-order valence-electron chi connectivity index (χ4n) is 13.8. The third-order valence-corrected chi connectivity index (χ3v) is 19.1. The van der Waals surface area contributed by atoms with Gasteiger partial charge in [-0.3, -0.25) is 9.59 Å². The van der Waals surface area contributed by atoms with E-state index in [9.17, 15) is 19.2 Å². The van der Waals surface area contributed by atoms with Gasteiger partial charge in [-0.15, -0.1) is 0 Å². The molecule has 2 aliphatic heterocycles. The van der Waals surface area contributed by atoms with Crippen LogP contribution in [-0.4, -0.2) is 116 Å². The van der Waals surface area contributed by atoms with Gasteiger partial charge in [-0.05, 0) is 181 Å². The number of nitrogens with one attached hydrogen (secondary N) is 4. The van der Waals surface area contributed by atoms with Crippen LogP contribution in [0.15, 0.2) is 72.8 Å². The number of hydrogen-bond donors (Lipinski definition) is 4. The molecule has 77 heavy (non-hydrogen) atoms. The van der Waals surface area contributed by atoms with Gasteiger partial charge in [0.2, 0.25) is 11.8 Å². The second kappa shape index (κ2) is 23.1. The first kappa shape index (κ1) is 53.0. The third-order valence-electron chi connectivity index (χ3n) is 17.8. The molecule has 4 aromatic carbocycles. The molecule has 4 heterocycles. The Morgan fingerprint density at radius 1 is 0.636 bits per heavy atom. The molecule has 4 unspecified atom stereocenters. The average molecular weight is 1080 g/mol. The molecular formula is C61H74N8O6S2. The predicted molar refractivity (Wildman–Crippen MR) is 307 cm³/mol. The summed E-state index contributed by atoms with van der Waals surface area (Å²) in [5.41, 5.74) is 13.4. The molecule has 0 spiro atoms. The van der Waals surface area contributed by atoms with E-state index in [1.807, 2.05) is 12.5 Å². The lowest BCUT2D eigenvalue weighted by Crippen LogP contribution is -2.52. The fraction of sp³-hybridized carbons (Fsp3) is 0.508. The number of aryl methyl sites for hydroxylation is 2. The van der Waals surface area contributed by atoms with E-state index in [-0.39, 0.29) is 41.9 Å². The monoisotopic (exact) mass is 1080 g/mol. The molecule has 4 N–H and O–H groups in total. The summed E-state index contributed by atoms with van der Waals surface area (Å²) in [6, 6.07) is 25.6. The van der Waals surface area contributed by atoms with Gasteiger partial charge < -0.3 is 39.9 Å². The maximum atomic E-state index is 14.7. The summed E-state index contributed by atoms with van der Waals surface area (Å²) in [5, 5.41) is 5.75. The maximum absolute atomic E-state index is 14.7. The molecule has 2 saturated carbocycles. The Hall–Kier alpha value is -6.00. The SMILES string of the molecule is COC(=O)N[C@@H](CCSC)C(=O)N1C2CCCCC2C[C@H]1c1nc2ccc(-c3cc4c(-c5ccc6nc([C@@H]7CC8CCCCC8N7C(=O)[C@H](CCSC)NC(=O)OC)[nH]c6c5)cc3CCc3ccc(cc3)[C@H](C)C4)cc2[nH]1. The number of ether oxygens (including phenoxy) is 2. The highest BCUT2D eigenvalue weighted by Crippen LogP contribution is 2.49. The molecule has 8 aliphatic rings. The number of thioether (sulfide) groups is 2. The van der Waals surface area contributed by atoms with Crippen LogP contribution < -0.4 is 10.6 Å². The number of carbonyl (C=O) groups excluding carboxylic acids is 4. The molecule has 4 bridgehead atoms. The van der Waals surface area contributed by atoms with Crippen LogP contribution in [0.25, 0.3) is 44.3 Å². The van der Waals surface area contributed by atoms with Crippen molar-refractivity contribution in [2.45, 2.75) is 145 Å². The van der Waals surface area contributed by atoms with Crippen LogP contribution in [0.5, 0.6) is 0 Å². The van der Waals surface area contributed by atoms with Crippen molar-refractivity contribution in [3.63, 3.8) is 0 Å². The Labute approximate surface area is 460 Å². The zero-order chi connectivity index (χ0) is 53.3. The molecule has 9 atom stereocenters. The van der Waals surface area contributed by atoms with Crippen LogP contribution in [-0.2, 0) is 38.3 Å². The standard InChI is InChI=1S/C61H74N8O6S2/c1-35-28-43-30-44(39-20-22-46-50(31-39)64-56(62-46)54-33-41-10-6-8-12-52(41)68(54)58(70)48(24-26-76-4)66-60(72)74-2)38(19-16-36-14-17-37(35)18-15-36)29-45(43)40-21-23-47-51(32-40)65-57(63-47)55-34-42-11-7-9-13-53(42)69(55)59(71)49(25-27-77-5)67-61(73)75-3/h14-15,17-18,20-23,29-32,35,41-42,48-49,52-55H,6-13,16,19,24-28,33-34H2,1-5H3,(H,62,64)(H,63,65)(H,66,72)(H,67,73)/t35-,41?,42?,48+,49+,52?,53?,54+,55+/m1/s1. The van der Waals surface area contributed by atoms with Gasteiger partial charge in [-0.1, -0.05) is 81.1 Å². The van der Waals surface area contributed by atoms with Crippen molar-refractivity contribution in [3.8, 4) is 22.3 Å². The van der Waals surface area contributed by atoms with Crippen LogP contribution in [0, 0.1) is 11.8 Å². The second-order valence-corrected chi connectivity index (χ2v) is 24.4. The molecule has 14 rings (SSSR count). The number of aromatic amines is 2. The third kappa shape index (κ3) is 10.8. The number of rotatable bonds is 14. The van der Waals surface area contributed by atoms with Gasteiger partial charge in [0.25, 0.3) is 0 Å². The highest BCUT2D eigenvalue weighted by atomic mass is 32.2. The van der Waals surface area contributed by atoms with E-state index < -0.39 is 24.3 Å². The van der Waals surface area contributed by atoms with E-state index in [0.717, 1.165) is 140 Å². The zero-order valence-electron chi connectivity index (χ0n) is 45.2. The molecule has 2 aromatic heterocycles. The largest absolute Gasteiger partial charge is 0.453 e. The first-order valence-corrected chi connectivity index (χ1v) is 30.9. The number of alkyl carbamates (subject to hydrolysis) is 2. The van der Waals surface area contributed by atoms with E-state index in [4.69, 9.17) is 19.4 Å². The number of hydrogen-bond acceptors (Lipinski definition) is 10. The molecule has 16 heteroatoms. The average Bonchev–Trinajstić information content (AvgIpc) is 4.27. The van der Waals surface area contributed by atoms with Crippen LogP contribution in [0.4, 0.5) is 9.59 Å². The van der Waals surface area contributed by atoms with Gasteiger partial charge in [0, 0.05) is 12.1 Å². The van der Waals surface area contributed by atoms with E-state index in [0.29, 0.717) is 24.7 Å². The summed E-state index contributed by atoms with van der Waals surface area (Å²) in [6.45, 7) is 2.32. The van der Waals surface area contributed by atoms with Crippen molar-refractivity contribution in [2.75, 3.05) is 38.2 Å². The van der Waals surface area contributed by atoms with E-state index in [2.05, 4.69) is 110 Å². The van der Waals surface area contributed by atoms with Gasteiger partial charge >= 0.3 is 12.2 Å². The smallest absolute Gasteiger partial charge is 0.407 e. The number of amides is 4. The summed E-state index contributed by atoms with van der Waals surface area (Å²) < 4.78 is 9.97. The van der Waals surface area contributed by atoms with Gasteiger partial charge in [0.1, 0.15) is 23.7 Å². The fourth-order valence-corrected chi connectivity index (χ4v) is 14.8. The molecule has 6 aliphatic carbocycles. The Bertz CT molecular complexity index is 3140. The van der Waals surface area contributed by atoms with Crippen molar-refractivity contribution in [3.05, 3.63) is 107 Å². The van der Waals surface area contributed by atoms with Gasteiger partial charge in [0.15, 0.2) is 0 Å². The number of nitrogens with zero attached hydrogens (tertiary/aromatic N) is 4. The molecule has 0 radical (unpaired) electrons. The van der Waals surface area contributed by atoms with Crippen molar-refractivity contribution in [1.29, 1.82) is 0 Å². The van der Waals surface area contributed by atoms with E-state index in [1.165, 1.54) is 47.6 Å². The number of fused-ring (bicyclic) bond motifs is 4. The second-order valence-electron chi connectivity index (χ2n) is 22.4. The van der Waals surface area contributed by atoms with Crippen LogP contribution >= 0.6 is 23.5 Å². The van der Waals surface area contributed by atoms with Gasteiger partial charge in [-0.25, -0.2) is 19.6 Å². The number of methoxy groups -OCH3 is 2. The molecule has 4 amide bonds. The normalized spacial score (nSPS) is 23.7. The van der Waals surface area contributed by atoms with Crippen molar-refractivity contribution in [2.24, 2.45) is 11.8 Å². The van der Waals surface area contributed by atoms with Crippen molar-refractivity contribution < 1.29 is 28.7 Å². The minimum atomic E-state index is -0.680.